The van der Waals surface area contributed by atoms with Gasteiger partial charge >= 0.3 is 5.97 Å². The molecule has 0 spiro atoms. The highest BCUT2D eigenvalue weighted by atomic mass is 16.5. The topological polar surface area (TPSA) is 75.6 Å². The maximum Gasteiger partial charge on any atom is 0.328 e. The van der Waals surface area contributed by atoms with Crippen LogP contribution in [0.2, 0.25) is 0 Å². The molecule has 0 fully saturated rings. The van der Waals surface area contributed by atoms with Crippen LogP contribution in [0.5, 0.6) is 0 Å². The van der Waals surface area contributed by atoms with Gasteiger partial charge in [-0.1, -0.05) is 24.3 Å². The van der Waals surface area contributed by atoms with E-state index in [9.17, 15) is 9.59 Å². The lowest BCUT2D eigenvalue weighted by atomic mass is 10.1. The lowest BCUT2D eigenvalue weighted by molar-refractivity contribution is -0.131. The fraction of sp³-hybridized carbons (Fsp3) is 0.286. The molecule has 0 aliphatic rings. The van der Waals surface area contributed by atoms with Crippen molar-refractivity contribution in [1.82, 2.24) is 5.32 Å². The molecule has 0 saturated heterocycles. The number of carbonyl (C=O) groups excluding carboxylic acids is 1. The van der Waals surface area contributed by atoms with Gasteiger partial charge in [-0.15, -0.1) is 0 Å². The van der Waals surface area contributed by atoms with Crippen LogP contribution in [0.4, 0.5) is 0 Å². The molecule has 5 nitrogen and oxygen atoms in total. The Bertz CT molecular complexity index is 465. The lowest BCUT2D eigenvalue weighted by Gasteiger charge is -2.10. The minimum Gasteiger partial charge on any atom is -0.478 e. The van der Waals surface area contributed by atoms with E-state index in [0.29, 0.717) is 6.54 Å². The Morgan fingerprint density at radius 2 is 2.00 bits per heavy atom. The van der Waals surface area contributed by atoms with Gasteiger partial charge in [0, 0.05) is 19.7 Å². The first kappa shape index (κ1) is 14.9. The van der Waals surface area contributed by atoms with Gasteiger partial charge in [0.25, 0.3) is 0 Å². The number of ether oxygens (including phenoxy) is 1. The van der Waals surface area contributed by atoms with Gasteiger partial charge in [0.05, 0.1) is 0 Å². The average molecular weight is 263 g/mol. The molecular weight excluding hydrogens is 246 g/mol. The minimum absolute atomic E-state index is 0.169. The second kappa shape index (κ2) is 7.33. The number of hydrogen-bond acceptors (Lipinski definition) is 3. The van der Waals surface area contributed by atoms with Crippen molar-refractivity contribution in [2.45, 2.75) is 19.6 Å². The van der Waals surface area contributed by atoms with E-state index in [1.165, 1.54) is 13.2 Å². The Labute approximate surface area is 111 Å². The second-order valence-electron chi connectivity index (χ2n) is 4.01. The van der Waals surface area contributed by atoms with Crippen LogP contribution in [0, 0.1) is 0 Å². The standard InChI is InChI=1S/C14H17NO4/c1-10(19-2)14(18)15-9-12-5-3-11(4-6-12)7-8-13(16)17/h3-8,10H,9H2,1-2H3,(H,15,18)(H,16,17)/b8-7+. The van der Waals surface area contributed by atoms with E-state index in [-0.39, 0.29) is 5.91 Å². The highest BCUT2D eigenvalue weighted by Crippen LogP contribution is 2.06. The van der Waals surface area contributed by atoms with E-state index >= 15 is 0 Å². The van der Waals surface area contributed by atoms with Gasteiger partial charge < -0.3 is 15.2 Å². The Hall–Kier alpha value is -2.14. The Kier molecular flexibility index (Phi) is 5.75. The molecule has 0 aromatic heterocycles. The summed E-state index contributed by atoms with van der Waals surface area (Å²) < 4.78 is 4.90. The molecule has 0 heterocycles. The van der Waals surface area contributed by atoms with Gasteiger partial charge in [-0.25, -0.2) is 4.79 Å². The summed E-state index contributed by atoms with van der Waals surface area (Å²) in [7, 11) is 1.48. The number of nitrogens with one attached hydrogen (secondary N) is 1. The molecule has 0 aliphatic heterocycles. The lowest BCUT2D eigenvalue weighted by Crippen LogP contribution is -2.33. The summed E-state index contributed by atoms with van der Waals surface area (Å²) in [5.74, 6) is -1.15. The number of aliphatic carboxylic acids is 1. The predicted octanol–water partition coefficient (Wildman–Crippen LogP) is 1.44. The van der Waals surface area contributed by atoms with E-state index in [1.54, 1.807) is 19.1 Å². The Morgan fingerprint density at radius 3 is 2.53 bits per heavy atom. The smallest absolute Gasteiger partial charge is 0.328 e. The number of carbonyl (C=O) groups is 2. The van der Waals surface area contributed by atoms with Crippen LogP contribution < -0.4 is 5.32 Å². The van der Waals surface area contributed by atoms with Crippen LogP contribution in [-0.4, -0.2) is 30.2 Å². The number of rotatable bonds is 6. The summed E-state index contributed by atoms with van der Waals surface area (Å²) >= 11 is 0. The summed E-state index contributed by atoms with van der Waals surface area (Å²) in [4.78, 5) is 21.8. The van der Waals surface area contributed by atoms with E-state index in [0.717, 1.165) is 17.2 Å². The zero-order chi connectivity index (χ0) is 14.3. The zero-order valence-corrected chi connectivity index (χ0v) is 10.9. The van der Waals surface area contributed by atoms with E-state index in [2.05, 4.69) is 5.32 Å². The van der Waals surface area contributed by atoms with Crippen molar-refractivity contribution in [3.8, 4) is 0 Å². The zero-order valence-electron chi connectivity index (χ0n) is 10.9. The molecule has 5 heteroatoms. The number of methoxy groups -OCH3 is 1. The van der Waals surface area contributed by atoms with Crippen LogP contribution >= 0.6 is 0 Å². The van der Waals surface area contributed by atoms with E-state index < -0.39 is 12.1 Å². The van der Waals surface area contributed by atoms with Gasteiger partial charge in [-0.05, 0) is 24.1 Å². The third-order valence-electron chi connectivity index (χ3n) is 2.59. The monoisotopic (exact) mass is 263 g/mol. The molecule has 1 amide bonds. The summed E-state index contributed by atoms with van der Waals surface area (Å²) in [5, 5.41) is 11.2. The summed E-state index contributed by atoms with van der Waals surface area (Å²) in [6.45, 7) is 2.09. The van der Waals surface area contributed by atoms with Gasteiger partial charge in [-0.3, -0.25) is 4.79 Å². The summed E-state index contributed by atoms with van der Waals surface area (Å²) in [6, 6.07) is 7.25. The highest BCUT2D eigenvalue weighted by molar-refractivity contribution is 5.85. The van der Waals surface area contributed by atoms with Gasteiger partial charge in [0.1, 0.15) is 6.10 Å². The molecule has 1 rings (SSSR count). The van der Waals surface area contributed by atoms with Crippen molar-refractivity contribution in [3.05, 3.63) is 41.5 Å². The number of benzene rings is 1. The molecule has 0 bridgehead atoms. The quantitative estimate of drug-likeness (QED) is 0.761. The Balaban J connectivity index is 2.53. The van der Waals surface area contributed by atoms with Crippen molar-refractivity contribution >= 4 is 18.0 Å². The minimum atomic E-state index is -0.982. The molecular formula is C14H17NO4. The largest absolute Gasteiger partial charge is 0.478 e. The number of amides is 1. The average Bonchev–Trinajstić information content (AvgIpc) is 2.42. The van der Waals surface area contributed by atoms with Crippen molar-refractivity contribution in [2.24, 2.45) is 0 Å². The van der Waals surface area contributed by atoms with Crippen LogP contribution in [0.3, 0.4) is 0 Å². The van der Waals surface area contributed by atoms with Gasteiger partial charge in [-0.2, -0.15) is 0 Å². The Morgan fingerprint density at radius 1 is 1.37 bits per heavy atom. The molecule has 102 valence electrons. The molecule has 2 N–H and O–H groups in total. The molecule has 1 atom stereocenters. The summed E-state index contributed by atoms with van der Waals surface area (Å²) in [5.41, 5.74) is 1.73. The number of carboxylic acid groups (broad SMARTS) is 1. The first-order valence-electron chi connectivity index (χ1n) is 5.83. The van der Waals surface area contributed by atoms with Gasteiger partial charge in [0.2, 0.25) is 5.91 Å². The summed E-state index contributed by atoms with van der Waals surface area (Å²) in [6.07, 6.45) is 2.12. The van der Waals surface area contributed by atoms with E-state index in [4.69, 9.17) is 9.84 Å². The van der Waals surface area contributed by atoms with Crippen LogP contribution in [0.25, 0.3) is 6.08 Å². The fourth-order valence-electron chi connectivity index (χ4n) is 1.35. The normalized spacial score (nSPS) is 12.3. The van der Waals surface area contributed by atoms with Crippen molar-refractivity contribution < 1.29 is 19.4 Å². The molecule has 0 aliphatic carbocycles. The number of carboxylic acids is 1. The predicted molar refractivity (Wildman–Crippen MR) is 71.4 cm³/mol. The molecule has 0 saturated carbocycles. The number of hydrogen-bond donors (Lipinski definition) is 2. The maximum absolute atomic E-state index is 11.5. The molecule has 0 radical (unpaired) electrons. The molecule has 1 aromatic rings. The highest BCUT2D eigenvalue weighted by Gasteiger charge is 2.10. The third-order valence-corrected chi connectivity index (χ3v) is 2.59. The van der Waals surface area contributed by atoms with Crippen LogP contribution in [0.15, 0.2) is 30.3 Å². The molecule has 19 heavy (non-hydrogen) atoms. The first-order chi connectivity index (χ1) is 9.02. The maximum atomic E-state index is 11.5. The van der Waals surface area contributed by atoms with Crippen molar-refractivity contribution in [2.75, 3.05) is 7.11 Å². The van der Waals surface area contributed by atoms with Crippen molar-refractivity contribution in [1.29, 1.82) is 0 Å². The second-order valence-corrected chi connectivity index (χ2v) is 4.01. The fourth-order valence-corrected chi connectivity index (χ4v) is 1.35. The third kappa shape index (κ3) is 5.35. The first-order valence-corrected chi connectivity index (χ1v) is 5.83. The molecule has 1 unspecified atom stereocenters. The molecule has 1 aromatic carbocycles. The van der Waals surface area contributed by atoms with E-state index in [1.807, 2.05) is 12.1 Å². The van der Waals surface area contributed by atoms with Crippen LogP contribution in [0.1, 0.15) is 18.1 Å². The van der Waals surface area contributed by atoms with Gasteiger partial charge in [0.15, 0.2) is 0 Å². The van der Waals surface area contributed by atoms with Crippen molar-refractivity contribution in [3.63, 3.8) is 0 Å². The van der Waals surface area contributed by atoms with Crippen LogP contribution in [-0.2, 0) is 20.9 Å². The SMILES string of the molecule is COC(C)C(=O)NCc1ccc(/C=C/C(=O)O)cc1.